The third-order valence-electron chi connectivity index (χ3n) is 8.55. The van der Waals surface area contributed by atoms with Crippen molar-refractivity contribution in [2.45, 2.75) is 44.7 Å². The van der Waals surface area contributed by atoms with Crippen molar-refractivity contribution in [1.29, 1.82) is 0 Å². The van der Waals surface area contributed by atoms with Crippen LogP contribution in [0.4, 0.5) is 11.5 Å². The Bertz CT molecular complexity index is 1960. The number of aromatic nitrogens is 5. The first-order chi connectivity index (χ1) is 21.4. The Balaban J connectivity index is 1.19. The van der Waals surface area contributed by atoms with Gasteiger partial charge in [-0.25, -0.2) is 19.9 Å². The number of carbonyl (C=O) groups excluding carboxylic acids is 1. The van der Waals surface area contributed by atoms with E-state index in [4.69, 9.17) is 14.5 Å². The standard InChI is InChI=1S/C34H33N7O3/c1-5-32(42)41-22-7-6-8-23(41)15-21(14-22)25-10-11-26-33(38-25)34(36-18-35-26)39-28-13-20(2)30(17-31(28)43-4)44-24-9-12-29-27(16-24)37-19-40(29)3/h5,9-14,16-19,22-23H,1,6-8,15H2,2-4H3,(H,35,36,39). The van der Waals surface area contributed by atoms with Crippen LogP contribution in [-0.2, 0) is 11.8 Å². The van der Waals surface area contributed by atoms with Crippen LogP contribution in [0.25, 0.3) is 27.6 Å². The van der Waals surface area contributed by atoms with Crippen molar-refractivity contribution in [3.63, 3.8) is 0 Å². The summed E-state index contributed by atoms with van der Waals surface area (Å²) in [4.78, 5) is 33.0. The molecule has 2 atom stereocenters. The van der Waals surface area contributed by atoms with E-state index in [0.29, 0.717) is 28.6 Å². The summed E-state index contributed by atoms with van der Waals surface area (Å²) in [5.74, 6) is 2.54. The van der Waals surface area contributed by atoms with Crippen molar-refractivity contribution >= 4 is 45.1 Å². The molecule has 222 valence electrons. The summed E-state index contributed by atoms with van der Waals surface area (Å²) in [6, 6.07) is 13.9. The predicted molar refractivity (Wildman–Crippen MR) is 170 cm³/mol. The Kier molecular flexibility index (Phi) is 6.96. The number of benzene rings is 2. The van der Waals surface area contributed by atoms with E-state index in [2.05, 4.69) is 32.9 Å². The number of amides is 1. The van der Waals surface area contributed by atoms with Gasteiger partial charge in [-0.2, -0.15) is 0 Å². The van der Waals surface area contributed by atoms with Crippen molar-refractivity contribution in [2.75, 3.05) is 12.4 Å². The number of rotatable bonds is 7. The molecule has 5 heterocycles. The number of pyridine rings is 1. The fraction of sp³-hybridized carbons (Fsp3) is 0.265. The van der Waals surface area contributed by atoms with E-state index in [0.717, 1.165) is 64.8 Å². The predicted octanol–water partition coefficient (Wildman–Crippen LogP) is 6.49. The molecule has 3 aromatic heterocycles. The number of fused-ring (bicyclic) bond motifs is 4. The number of hydrogen-bond donors (Lipinski definition) is 1. The molecule has 44 heavy (non-hydrogen) atoms. The molecule has 0 saturated carbocycles. The summed E-state index contributed by atoms with van der Waals surface area (Å²) in [6.07, 6.45) is 10.7. The fourth-order valence-electron chi connectivity index (χ4n) is 6.36. The van der Waals surface area contributed by atoms with Gasteiger partial charge in [-0.1, -0.05) is 12.7 Å². The molecule has 2 bridgehead atoms. The van der Waals surface area contributed by atoms with Gasteiger partial charge in [0.2, 0.25) is 5.91 Å². The summed E-state index contributed by atoms with van der Waals surface area (Å²) < 4.78 is 14.0. The maximum absolute atomic E-state index is 12.6. The number of hydrogen-bond acceptors (Lipinski definition) is 8. The van der Waals surface area contributed by atoms with Gasteiger partial charge in [-0.15, -0.1) is 0 Å². The molecule has 1 saturated heterocycles. The minimum atomic E-state index is -0.00344. The van der Waals surface area contributed by atoms with Crippen LogP contribution in [0.1, 0.15) is 36.9 Å². The molecule has 7 rings (SSSR count). The highest BCUT2D eigenvalue weighted by atomic mass is 16.5. The molecule has 0 aliphatic carbocycles. The zero-order chi connectivity index (χ0) is 30.4. The lowest BCUT2D eigenvalue weighted by Crippen LogP contribution is -2.51. The minimum Gasteiger partial charge on any atom is -0.494 e. The van der Waals surface area contributed by atoms with Crippen LogP contribution >= 0.6 is 0 Å². The molecule has 2 aromatic carbocycles. The molecule has 2 aliphatic rings. The van der Waals surface area contributed by atoms with Gasteiger partial charge in [-0.05, 0) is 80.2 Å². The Hall–Kier alpha value is -5.25. The van der Waals surface area contributed by atoms with Crippen molar-refractivity contribution in [3.8, 4) is 17.2 Å². The summed E-state index contributed by atoms with van der Waals surface area (Å²) in [5, 5.41) is 3.43. The number of piperidine rings is 1. The van der Waals surface area contributed by atoms with Crippen LogP contribution in [0.15, 0.2) is 73.9 Å². The number of nitrogens with one attached hydrogen (secondary N) is 1. The summed E-state index contributed by atoms with van der Waals surface area (Å²) in [6.45, 7) is 5.69. The van der Waals surface area contributed by atoms with Gasteiger partial charge in [-0.3, -0.25) is 4.79 Å². The number of methoxy groups -OCH3 is 1. The summed E-state index contributed by atoms with van der Waals surface area (Å²) in [7, 11) is 3.59. The first kappa shape index (κ1) is 27.6. The third kappa shape index (κ3) is 4.92. The minimum absolute atomic E-state index is 0.00344. The topological polar surface area (TPSA) is 107 Å². The quantitative estimate of drug-likeness (QED) is 0.216. The van der Waals surface area contributed by atoms with E-state index >= 15 is 0 Å². The van der Waals surface area contributed by atoms with Gasteiger partial charge in [0.1, 0.15) is 29.1 Å². The number of aryl methyl sites for hydroxylation is 2. The zero-order valence-electron chi connectivity index (χ0n) is 24.9. The van der Waals surface area contributed by atoms with Crippen LogP contribution in [0.5, 0.6) is 17.2 Å². The molecule has 5 aromatic rings. The highest BCUT2D eigenvalue weighted by Gasteiger charge is 2.36. The molecule has 1 fully saturated rings. The van der Waals surface area contributed by atoms with Crippen molar-refractivity contribution in [2.24, 2.45) is 7.05 Å². The lowest BCUT2D eigenvalue weighted by Gasteiger charge is -2.44. The van der Waals surface area contributed by atoms with Gasteiger partial charge < -0.3 is 24.3 Å². The first-order valence-electron chi connectivity index (χ1n) is 14.7. The SMILES string of the molecule is C=CC(=O)N1C2C=C(c3ccc4ncnc(Nc5cc(C)c(Oc6ccc7c(c6)ncn7C)cc5OC)c4n3)CC1CCC2. The average molecular weight is 588 g/mol. The van der Waals surface area contributed by atoms with E-state index in [1.807, 2.05) is 65.9 Å². The van der Waals surface area contributed by atoms with Crippen molar-refractivity contribution in [3.05, 3.63) is 85.1 Å². The van der Waals surface area contributed by atoms with E-state index in [1.165, 1.54) is 12.4 Å². The maximum atomic E-state index is 12.6. The molecule has 10 nitrogen and oxygen atoms in total. The molecule has 1 N–H and O–H groups in total. The number of carbonyl (C=O) groups is 1. The fourth-order valence-corrected chi connectivity index (χ4v) is 6.36. The second-order valence-corrected chi connectivity index (χ2v) is 11.3. The third-order valence-corrected chi connectivity index (χ3v) is 8.55. The number of ether oxygens (including phenoxy) is 2. The zero-order valence-corrected chi connectivity index (χ0v) is 24.9. The second kappa shape index (κ2) is 11.1. The Labute approximate surface area is 255 Å². The highest BCUT2D eigenvalue weighted by Crippen LogP contribution is 2.39. The van der Waals surface area contributed by atoms with Crippen LogP contribution in [0, 0.1) is 6.92 Å². The van der Waals surface area contributed by atoms with Crippen molar-refractivity contribution < 1.29 is 14.3 Å². The molecule has 10 heteroatoms. The molecular formula is C34H33N7O3. The Morgan fingerprint density at radius 3 is 2.77 bits per heavy atom. The number of imidazole rings is 1. The van der Waals surface area contributed by atoms with Gasteiger partial charge in [0.15, 0.2) is 5.82 Å². The van der Waals surface area contributed by atoms with Gasteiger partial charge in [0, 0.05) is 25.2 Å². The van der Waals surface area contributed by atoms with Crippen molar-refractivity contribution in [1.82, 2.24) is 29.4 Å². The second-order valence-electron chi connectivity index (χ2n) is 11.3. The number of anilines is 2. The lowest BCUT2D eigenvalue weighted by molar-refractivity contribution is -0.131. The van der Waals surface area contributed by atoms with Gasteiger partial charge in [0.25, 0.3) is 0 Å². The monoisotopic (exact) mass is 587 g/mol. The van der Waals surface area contributed by atoms with E-state index in [9.17, 15) is 4.79 Å². The van der Waals surface area contributed by atoms with Gasteiger partial charge in [0.05, 0.1) is 47.4 Å². The maximum Gasteiger partial charge on any atom is 0.246 e. The average Bonchev–Trinajstić information content (AvgIpc) is 3.40. The molecule has 2 unspecified atom stereocenters. The molecule has 0 radical (unpaired) electrons. The Morgan fingerprint density at radius 2 is 1.95 bits per heavy atom. The highest BCUT2D eigenvalue weighted by molar-refractivity contribution is 5.91. The molecule has 0 spiro atoms. The van der Waals surface area contributed by atoms with Crippen LogP contribution in [-0.4, -0.2) is 54.5 Å². The van der Waals surface area contributed by atoms with E-state index < -0.39 is 0 Å². The first-order valence-corrected chi connectivity index (χ1v) is 14.7. The van der Waals surface area contributed by atoms with Gasteiger partial charge >= 0.3 is 0 Å². The van der Waals surface area contributed by atoms with Crippen LogP contribution in [0.2, 0.25) is 0 Å². The molecule has 2 aliphatic heterocycles. The molecular weight excluding hydrogens is 554 g/mol. The van der Waals surface area contributed by atoms with E-state index in [1.54, 1.807) is 13.4 Å². The summed E-state index contributed by atoms with van der Waals surface area (Å²) >= 11 is 0. The van der Waals surface area contributed by atoms with Crippen LogP contribution in [0.3, 0.4) is 0 Å². The van der Waals surface area contributed by atoms with Crippen LogP contribution < -0.4 is 14.8 Å². The smallest absolute Gasteiger partial charge is 0.246 e. The number of nitrogens with zero attached hydrogens (tertiary/aromatic N) is 6. The Morgan fingerprint density at radius 1 is 1.07 bits per heavy atom. The summed E-state index contributed by atoms with van der Waals surface area (Å²) in [5.41, 5.74) is 6.94. The normalized spacial score (nSPS) is 17.8. The largest absolute Gasteiger partial charge is 0.494 e. The van der Waals surface area contributed by atoms with E-state index in [-0.39, 0.29) is 18.0 Å². The molecule has 1 amide bonds. The lowest BCUT2D eigenvalue weighted by atomic mass is 9.84.